The van der Waals surface area contributed by atoms with E-state index in [1.165, 1.54) is 6.08 Å². The molecule has 0 amide bonds. The summed E-state index contributed by atoms with van der Waals surface area (Å²) in [7, 11) is 0. The van der Waals surface area contributed by atoms with Gasteiger partial charge >= 0.3 is 5.66 Å². The number of rotatable bonds is 3. The molecule has 1 aromatic rings. The lowest BCUT2D eigenvalue weighted by Crippen LogP contribution is -2.54. The maximum atomic E-state index is 11.0. The van der Waals surface area contributed by atoms with E-state index in [1.54, 1.807) is 24.3 Å². The van der Waals surface area contributed by atoms with Gasteiger partial charge in [-0.25, -0.2) is 0 Å². The Kier molecular flexibility index (Phi) is 3.14. The highest BCUT2D eigenvalue weighted by atomic mass is 16.6. The largest absolute Gasteiger partial charge is 0.399 e. The van der Waals surface area contributed by atoms with Crippen LogP contribution in [0.5, 0.6) is 0 Å². The molecule has 1 aliphatic carbocycles. The summed E-state index contributed by atoms with van der Waals surface area (Å²) in [5, 5.41) is 11.0. The second-order valence-corrected chi connectivity index (χ2v) is 4.14. The first kappa shape index (κ1) is 12.3. The Morgan fingerprint density at radius 2 is 2.00 bits per heavy atom. The minimum Gasteiger partial charge on any atom is -0.399 e. The van der Waals surface area contributed by atoms with Crippen LogP contribution in [0.2, 0.25) is 0 Å². The Morgan fingerprint density at radius 1 is 1.33 bits per heavy atom. The van der Waals surface area contributed by atoms with Crippen LogP contribution in [-0.4, -0.2) is 10.6 Å². The van der Waals surface area contributed by atoms with E-state index in [0.29, 0.717) is 5.69 Å². The monoisotopic (exact) mass is 246 g/mol. The van der Waals surface area contributed by atoms with E-state index in [9.17, 15) is 10.1 Å². The molecular formula is C12H14N4O2. The Labute approximate surface area is 104 Å². The van der Waals surface area contributed by atoms with Crippen LogP contribution in [-0.2, 0) is 0 Å². The van der Waals surface area contributed by atoms with Gasteiger partial charge in [0, 0.05) is 16.7 Å². The number of nitrogens with one attached hydrogen (secondary N) is 1. The molecule has 2 rings (SSSR count). The smallest absolute Gasteiger partial charge is 0.309 e. The molecule has 0 saturated carbocycles. The first-order valence-corrected chi connectivity index (χ1v) is 5.45. The molecule has 0 aromatic heterocycles. The molecule has 1 aromatic carbocycles. The van der Waals surface area contributed by atoms with Gasteiger partial charge in [-0.05, 0) is 23.3 Å². The minimum absolute atomic E-state index is 0.201. The summed E-state index contributed by atoms with van der Waals surface area (Å²) in [4.78, 5) is 10.5. The van der Waals surface area contributed by atoms with Crippen molar-refractivity contribution in [1.82, 2.24) is 5.43 Å². The van der Waals surface area contributed by atoms with Crippen LogP contribution in [0.1, 0.15) is 12.0 Å². The summed E-state index contributed by atoms with van der Waals surface area (Å²) < 4.78 is 0. The minimum atomic E-state index is -1.41. The summed E-state index contributed by atoms with van der Waals surface area (Å²) in [5.74, 6) is 5.25. The van der Waals surface area contributed by atoms with Gasteiger partial charge in [-0.1, -0.05) is 24.3 Å². The zero-order valence-corrected chi connectivity index (χ0v) is 9.67. The van der Waals surface area contributed by atoms with Gasteiger partial charge in [-0.15, -0.1) is 0 Å². The lowest BCUT2D eigenvalue weighted by atomic mass is 9.93. The van der Waals surface area contributed by atoms with Gasteiger partial charge in [0.25, 0.3) is 0 Å². The van der Waals surface area contributed by atoms with Gasteiger partial charge < -0.3 is 5.73 Å². The number of nitrogens with two attached hydrogens (primary N) is 2. The highest BCUT2D eigenvalue weighted by Gasteiger charge is 2.39. The maximum absolute atomic E-state index is 11.0. The second-order valence-electron chi connectivity index (χ2n) is 4.14. The average Bonchev–Trinajstić information content (AvgIpc) is 2.39. The molecule has 94 valence electrons. The molecular weight excluding hydrogens is 232 g/mol. The van der Waals surface area contributed by atoms with E-state index in [2.05, 4.69) is 5.43 Å². The van der Waals surface area contributed by atoms with Crippen LogP contribution in [0.3, 0.4) is 0 Å². The van der Waals surface area contributed by atoms with Gasteiger partial charge in [0.2, 0.25) is 0 Å². The summed E-state index contributed by atoms with van der Waals surface area (Å²) in [5.41, 5.74) is 9.02. The average molecular weight is 246 g/mol. The van der Waals surface area contributed by atoms with Crippen molar-refractivity contribution in [2.75, 3.05) is 5.73 Å². The molecule has 6 nitrogen and oxygen atoms in total. The Morgan fingerprint density at radius 3 is 2.44 bits per heavy atom. The van der Waals surface area contributed by atoms with Crippen molar-refractivity contribution in [2.24, 2.45) is 5.84 Å². The number of hydrogen-bond donors (Lipinski definition) is 3. The van der Waals surface area contributed by atoms with Crippen molar-refractivity contribution in [2.45, 2.75) is 12.1 Å². The van der Waals surface area contributed by atoms with Gasteiger partial charge in [0.15, 0.2) is 0 Å². The van der Waals surface area contributed by atoms with E-state index in [0.717, 1.165) is 11.1 Å². The van der Waals surface area contributed by atoms with Crippen molar-refractivity contribution in [3.05, 3.63) is 58.2 Å². The number of nitro groups is 1. The third-order valence-electron chi connectivity index (χ3n) is 2.99. The SMILES string of the molecule is NNC1([N+](=O)[O-])C=CC(c2ccc(N)cc2)=CC1. The second kappa shape index (κ2) is 4.59. The Balaban J connectivity index is 2.24. The van der Waals surface area contributed by atoms with Crippen molar-refractivity contribution < 1.29 is 4.92 Å². The normalized spacial score (nSPS) is 22.6. The zero-order chi connectivity index (χ0) is 13.2. The van der Waals surface area contributed by atoms with Crippen LogP contribution in [0.25, 0.3) is 5.57 Å². The molecule has 1 unspecified atom stereocenters. The molecule has 0 bridgehead atoms. The van der Waals surface area contributed by atoms with Crippen molar-refractivity contribution in [3.8, 4) is 0 Å². The highest BCUT2D eigenvalue weighted by molar-refractivity contribution is 5.76. The fraction of sp³-hybridized carbons (Fsp3) is 0.167. The molecule has 0 spiro atoms. The molecule has 0 heterocycles. The molecule has 0 saturated heterocycles. The maximum Gasteiger partial charge on any atom is 0.309 e. The molecule has 0 aliphatic heterocycles. The number of anilines is 1. The third-order valence-corrected chi connectivity index (χ3v) is 2.99. The summed E-state index contributed by atoms with van der Waals surface area (Å²) >= 11 is 0. The predicted molar refractivity (Wildman–Crippen MR) is 69.6 cm³/mol. The predicted octanol–water partition coefficient (Wildman–Crippen LogP) is 1.05. The fourth-order valence-corrected chi connectivity index (χ4v) is 1.81. The lowest BCUT2D eigenvalue weighted by molar-refractivity contribution is -0.562. The van der Waals surface area contributed by atoms with Gasteiger partial charge in [-0.3, -0.25) is 16.0 Å². The lowest BCUT2D eigenvalue weighted by Gasteiger charge is -2.22. The zero-order valence-electron chi connectivity index (χ0n) is 9.67. The summed E-state index contributed by atoms with van der Waals surface area (Å²) in [6.07, 6.45) is 5.15. The molecule has 1 atom stereocenters. The van der Waals surface area contributed by atoms with Crippen molar-refractivity contribution in [3.63, 3.8) is 0 Å². The summed E-state index contributed by atoms with van der Waals surface area (Å²) in [6.45, 7) is 0. The standard InChI is InChI=1S/C12H14N4O2/c13-11-3-1-9(2-4-11)10-5-7-12(15-14,8-6-10)16(17)18/h1-7,15H,8,13-14H2. The van der Waals surface area contributed by atoms with Crippen molar-refractivity contribution in [1.29, 1.82) is 0 Å². The third kappa shape index (κ3) is 2.11. The molecule has 0 radical (unpaired) electrons. The summed E-state index contributed by atoms with van der Waals surface area (Å²) in [6, 6.07) is 7.34. The first-order valence-electron chi connectivity index (χ1n) is 5.45. The van der Waals surface area contributed by atoms with E-state index < -0.39 is 10.6 Å². The molecule has 6 heteroatoms. The van der Waals surface area contributed by atoms with E-state index in [-0.39, 0.29) is 6.42 Å². The van der Waals surface area contributed by atoms with Crippen LogP contribution in [0, 0.1) is 10.1 Å². The van der Waals surface area contributed by atoms with Gasteiger partial charge in [-0.2, -0.15) is 5.43 Å². The molecule has 5 N–H and O–H groups in total. The van der Waals surface area contributed by atoms with Crippen LogP contribution in [0.15, 0.2) is 42.5 Å². The number of allylic oxidation sites excluding steroid dienone is 2. The first-order chi connectivity index (χ1) is 8.57. The van der Waals surface area contributed by atoms with E-state index >= 15 is 0 Å². The van der Waals surface area contributed by atoms with Crippen LogP contribution >= 0.6 is 0 Å². The number of benzene rings is 1. The molecule has 0 fully saturated rings. The quantitative estimate of drug-likeness (QED) is 0.243. The number of nitrogens with zero attached hydrogens (tertiary/aromatic N) is 1. The van der Waals surface area contributed by atoms with Gasteiger partial charge in [0.1, 0.15) is 0 Å². The number of hydrogen-bond acceptors (Lipinski definition) is 5. The topological polar surface area (TPSA) is 107 Å². The van der Waals surface area contributed by atoms with Crippen molar-refractivity contribution >= 4 is 11.3 Å². The number of nitrogen functional groups attached to an aromatic ring is 1. The van der Waals surface area contributed by atoms with Crippen LogP contribution < -0.4 is 17.0 Å². The van der Waals surface area contributed by atoms with E-state index in [4.69, 9.17) is 11.6 Å². The van der Waals surface area contributed by atoms with Crippen LogP contribution in [0.4, 0.5) is 5.69 Å². The Bertz CT molecular complexity index is 521. The number of hydrazine groups is 1. The molecule has 1 aliphatic rings. The molecule has 18 heavy (non-hydrogen) atoms. The van der Waals surface area contributed by atoms with E-state index in [1.807, 2.05) is 12.1 Å². The van der Waals surface area contributed by atoms with Gasteiger partial charge in [0.05, 0.1) is 6.42 Å². The highest BCUT2D eigenvalue weighted by Crippen LogP contribution is 2.27. The fourth-order valence-electron chi connectivity index (χ4n) is 1.81. The Hall–Kier alpha value is -2.18.